The number of nitrogens with one attached hydrogen (secondary N) is 1. The van der Waals surface area contributed by atoms with E-state index in [0.29, 0.717) is 37.8 Å². The zero-order valence-electron chi connectivity index (χ0n) is 15.9. The summed E-state index contributed by atoms with van der Waals surface area (Å²) in [7, 11) is 0. The molecule has 0 atom stereocenters. The molecule has 1 aliphatic heterocycles. The summed E-state index contributed by atoms with van der Waals surface area (Å²) in [6.45, 7) is 3.56. The van der Waals surface area contributed by atoms with Gasteiger partial charge in [0.15, 0.2) is 0 Å². The lowest BCUT2D eigenvalue weighted by atomic mass is 10.1. The Morgan fingerprint density at radius 2 is 2.17 bits per heavy atom. The van der Waals surface area contributed by atoms with E-state index >= 15 is 0 Å². The molecule has 1 aliphatic rings. The van der Waals surface area contributed by atoms with Crippen molar-refractivity contribution >= 4 is 17.5 Å². The van der Waals surface area contributed by atoms with E-state index in [1.54, 1.807) is 23.3 Å². The normalized spacial score (nSPS) is 14.6. The van der Waals surface area contributed by atoms with Gasteiger partial charge in [-0.3, -0.25) is 19.4 Å². The Hall–Kier alpha value is -2.90. The lowest BCUT2D eigenvalue weighted by Crippen LogP contribution is -2.47. The molecule has 3 heterocycles. The van der Waals surface area contributed by atoms with Crippen LogP contribution < -0.4 is 10.1 Å². The second-order valence-corrected chi connectivity index (χ2v) is 7.30. The molecule has 1 saturated heterocycles. The summed E-state index contributed by atoms with van der Waals surface area (Å²) < 4.78 is 7.81. The molecule has 29 heavy (non-hydrogen) atoms. The zero-order chi connectivity index (χ0) is 20.1. The second kappa shape index (κ2) is 9.07. The van der Waals surface area contributed by atoms with Crippen molar-refractivity contribution in [3.05, 3.63) is 65.6 Å². The van der Waals surface area contributed by atoms with Crippen molar-refractivity contribution in [2.45, 2.75) is 13.1 Å². The number of hydrogen-bond acceptors (Lipinski definition) is 5. The van der Waals surface area contributed by atoms with Gasteiger partial charge in [0.1, 0.15) is 12.4 Å². The molecule has 4 rings (SSSR count). The minimum atomic E-state index is 0.0511. The Labute approximate surface area is 174 Å². The molecule has 1 fully saturated rings. The van der Waals surface area contributed by atoms with E-state index in [-0.39, 0.29) is 5.91 Å². The van der Waals surface area contributed by atoms with Gasteiger partial charge in [0, 0.05) is 43.2 Å². The quantitative estimate of drug-likeness (QED) is 0.647. The number of piperazine rings is 1. The number of rotatable bonds is 7. The number of carbonyl (C=O) groups excluding carboxylic acids is 1. The minimum Gasteiger partial charge on any atom is -0.491 e. The van der Waals surface area contributed by atoms with Crippen LogP contribution in [0.1, 0.15) is 5.56 Å². The average molecular weight is 412 g/mol. The third-order valence-electron chi connectivity index (χ3n) is 4.71. The largest absolute Gasteiger partial charge is 0.491 e. The van der Waals surface area contributed by atoms with Gasteiger partial charge in [0.05, 0.1) is 30.0 Å². The van der Waals surface area contributed by atoms with Crippen LogP contribution in [0.25, 0.3) is 11.3 Å². The van der Waals surface area contributed by atoms with E-state index in [9.17, 15) is 4.79 Å². The van der Waals surface area contributed by atoms with Crippen LogP contribution in [0, 0.1) is 0 Å². The smallest absolute Gasteiger partial charge is 0.234 e. The summed E-state index contributed by atoms with van der Waals surface area (Å²) in [5.74, 6) is 0.851. The van der Waals surface area contributed by atoms with E-state index in [0.717, 1.165) is 29.1 Å². The maximum atomic E-state index is 11.8. The van der Waals surface area contributed by atoms with E-state index in [1.165, 1.54) is 0 Å². The van der Waals surface area contributed by atoms with Crippen LogP contribution in [0.15, 0.2) is 55.0 Å². The van der Waals surface area contributed by atoms with Gasteiger partial charge in [-0.1, -0.05) is 17.7 Å². The van der Waals surface area contributed by atoms with Gasteiger partial charge in [-0.25, -0.2) is 0 Å². The Bertz CT molecular complexity index is 976. The molecule has 0 bridgehead atoms. The molecular weight excluding hydrogens is 390 g/mol. The molecule has 1 amide bonds. The van der Waals surface area contributed by atoms with Gasteiger partial charge in [-0.15, -0.1) is 0 Å². The number of benzene rings is 1. The van der Waals surface area contributed by atoms with Gasteiger partial charge >= 0.3 is 0 Å². The Morgan fingerprint density at radius 3 is 2.93 bits per heavy atom. The molecular formula is C21H22ClN5O2. The molecule has 1 N–H and O–H groups in total. The predicted octanol–water partition coefficient (Wildman–Crippen LogP) is 2.61. The monoisotopic (exact) mass is 411 g/mol. The summed E-state index contributed by atoms with van der Waals surface area (Å²) in [5, 5.41) is 7.64. The number of carbonyl (C=O) groups is 1. The van der Waals surface area contributed by atoms with Crippen LogP contribution in [-0.2, 0) is 17.9 Å². The minimum absolute atomic E-state index is 0.0511. The van der Waals surface area contributed by atoms with Crippen LogP contribution in [0.5, 0.6) is 5.75 Å². The van der Waals surface area contributed by atoms with Crippen LogP contribution in [-0.4, -0.2) is 51.8 Å². The molecule has 7 nitrogen and oxygen atoms in total. The summed E-state index contributed by atoms with van der Waals surface area (Å²) in [5.41, 5.74) is 2.96. The first-order valence-electron chi connectivity index (χ1n) is 9.51. The predicted molar refractivity (Wildman–Crippen MR) is 111 cm³/mol. The van der Waals surface area contributed by atoms with Crippen LogP contribution >= 0.6 is 11.6 Å². The van der Waals surface area contributed by atoms with Gasteiger partial charge in [0.25, 0.3) is 0 Å². The van der Waals surface area contributed by atoms with Crippen LogP contribution in [0.2, 0.25) is 5.02 Å². The van der Waals surface area contributed by atoms with Gasteiger partial charge in [0.2, 0.25) is 5.91 Å². The van der Waals surface area contributed by atoms with E-state index in [4.69, 9.17) is 16.3 Å². The van der Waals surface area contributed by atoms with Crippen LogP contribution in [0.3, 0.4) is 0 Å². The fraction of sp³-hybridized carbons (Fsp3) is 0.286. The summed E-state index contributed by atoms with van der Waals surface area (Å²) in [4.78, 5) is 18.3. The lowest BCUT2D eigenvalue weighted by Gasteiger charge is -2.27. The first-order valence-corrected chi connectivity index (χ1v) is 9.89. The molecule has 0 saturated carbocycles. The van der Waals surface area contributed by atoms with Crippen molar-refractivity contribution in [3.8, 4) is 17.0 Å². The molecule has 2 aromatic heterocycles. The average Bonchev–Trinajstić information content (AvgIpc) is 3.15. The summed E-state index contributed by atoms with van der Waals surface area (Å²) in [6, 6.07) is 11.9. The number of halogens is 1. The maximum absolute atomic E-state index is 11.8. The van der Waals surface area contributed by atoms with E-state index in [2.05, 4.69) is 26.4 Å². The van der Waals surface area contributed by atoms with Gasteiger partial charge < -0.3 is 10.1 Å². The van der Waals surface area contributed by atoms with Crippen molar-refractivity contribution in [1.29, 1.82) is 0 Å². The summed E-state index contributed by atoms with van der Waals surface area (Å²) >= 11 is 5.91. The third kappa shape index (κ3) is 5.13. The number of ether oxygens (including phenoxy) is 1. The molecule has 0 radical (unpaired) electrons. The highest BCUT2D eigenvalue weighted by Crippen LogP contribution is 2.27. The molecule has 1 aromatic carbocycles. The van der Waals surface area contributed by atoms with Crippen molar-refractivity contribution < 1.29 is 9.53 Å². The highest BCUT2D eigenvalue weighted by atomic mass is 35.5. The number of nitrogens with zero attached hydrogens (tertiary/aromatic N) is 4. The molecule has 0 unspecified atom stereocenters. The van der Waals surface area contributed by atoms with E-state index in [1.807, 2.05) is 30.3 Å². The number of pyridine rings is 1. The molecule has 8 heteroatoms. The van der Waals surface area contributed by atoms with Crippen molar-refractivity contribution in [2.75, 3.05) is 26.2 Å². The highest BCUT2D eigenvalue weighted by molar-refractivity contribution is 6.30. The zero-order valence-corrected chi connectivity index (χ0v) is 16.7. The fourth-order valence-electron chi connectivity index (χ4n) is 3.31. The first-order chi connectivity index (χ1) is 14.2. The summed E-state index contributed by atoms with van der Waals surface area (Å²) in [6.07, 6.45) is 5.15. The molecule has 150 valence electrons. The number of hydrogen-bond donors (Lipinski definition) is 1. The topological polar surface area (TPSA) is 72.3 Å². The third-order valence-corrected chi connectivity index (χ3v) is 4.91. The maximum Gasteiger partial charge on any atom is 0.234 e. The second-order valence-electron chi connectivity index (χ2n) is 6.87. The lowest BCUT2D eigenvalue weighted by molar-refractivity contribution is -0.124. The van der Waals surface area contributed by atoms with Gasteiger partial charge in [-0.2, -0.15) is 5.10 Å². The fourth-order valence-corrected chi connectivity index (χ4v) is 3.47. The SMILES string of the molecule is O=C1CN(Cc2cc(-c3ccccn3)ccc2OCCn2cc(Cl)cn2)CCN1. The molecule has 3 aromatic rings. The van der Waals surface area contributed by atoms with Crippen molar-refractivity contribution in [1.82, 2.24) is 25.0 Å². The standard InChI is InChI=1S/C21H22ClN5O2/c22-18-12-25-27(14-18)9-10-29-20-5-4-16(19-3-1-2-6-23-19)11-17(20)13-26-8-7-24-21(28)15-26/h1-6,11-12,14H,7-10,13,15H2,(H,24,28). The Kier molecular flexibility index (Phi) is 6.07. The highest BCUT2D eigenvalue weighted by Gasteiger charge is 2.18. The Balaban J connectivity index is 1.52. The first kappa shape index (κ1) is 19.4. The number of amides is 1. The molecule has 0 aliphatic carbocycles. The van der Waals surface area contributed by atoms with Gasteiger partial charge in [-0.05, 0) is 30.3 Å². The van der Waals surface area contributed by atoms with Crippen molar-refractivity contribution in [3.63, 3.8) is 0 Å². The van der Waals surface area contributed by atoms with Crippen molar-refractivity contribution in [2.24, 2.45) is 0 Å². The Morgan fingerprint density at radius 1 is 1.24 bits per heavy atom. The number of aromatic nitrogens is 3. The van der Waals surface area contributed by atoms with E-state index < -0.39 is 0 Å². The molecule has 0 spiro atoms. The van der Waals surface area contributed by atoms with Crippen LogP contribution in [0.4, 0.5) is 0 Å².